The van der Waals surface area contributed by atoms with E-state index >= 15 is 0 Å². The molecular weight excluding hydrogens is 230 g/mol. The zero-order valence-corrected chi connectivity index (χ0v) is 9.60. The number of hydrogen-bond donors (Lipinski definition) is 3. The number of nitrogen functional groups attached to an aromatic ring is 1. The largest absolute Gasteiger partial charge is 0.385 e. The van der Waals surface area contributed by atoms with E-state index < -0.39 is 6.29 Å². The SMILES string of the molecule is COC1OCCC1c1c(N)[nH]c(=S)[nH]c1=O. The van der Waals surface area contributed by atoms with Crippen LogP contribution >= 0.6 is 12.2 Å². The average molecular weight is 243 g/mol. The van der Waals surface area contributed by atoms with Crippen molar-refractivity contribution in [2.45, 2.75) is 18.6 Å². The molecule has 88 valence electrons. The van der Waals surface area contributed by atoms with Gasteiger partial charge in [-0.1, -0.05) is 0 Å². The van der Waals surface area contributed by atoms with E-state index in [4.69, 9.17) is 27.4 Å². The van der Waals surface area contributed by atoms with Crippen LogP contribution in [0.3, 0.4) is 0 Å². The van der Waals surface area contributed by atoms with Gasteiger partial charge in [0.2, 0.25) is 0 Å². The van der Waals surface area contributed by atoms with Crippen molar-refractivity contribution < 1.29 is 9.47 Å². The summed E-state index contributed by atoms with van der Waals surface area (Å²) in [7, 11) is 1.54. The molecule has 0 radical (unpaired) electrons. The lowest BCUT2D eigenvalue weighted by Crippen LogP contribution is -2.26. The molecule has 0 aromatic carbocycles. The first-order chi connectivity index (χ1) is 7.63. The van der Waals surface area contributed by atoms with Crippen molar-refractivity contribution in [3.63, 3.8) is 0 Å². The van der Waals surface area contributed by atoms with Crippen LogP contribution < -0.4 is 11.3 Å². The van der Waals surface area contributed by atoms with Crippen LogP contribution in [0.15, 0.2) is 4.79 Å². The maximum Gasteiger partial charge on any atom is 0.257 e. The van der Waals surface area contributed by atoms with E-state index in [1.165, 1.54) is 0 Å². The summed E-state index contributed by atoms with van der Waals surface area (Å²) < 4.78 is 10.7. The highest BCUT2D eigenvalue weighted by Gasteiger charge is 2.33. The Labute approximate surface area is 96.8 Å². The highest BCUT2D eigenvalue weighted by atomic mass is 32.1. The number of anilines is 1. The second-order valence-corrected chi connectivity index (χ2v) is 4.01. The van der Waals surface area contributed by atoms with Crippen molar-refractivity contribution in [1.29, 1.82) is 0 Å². The lowest BCUT2D eigenvalue weighted by atomic mass is 9.99. The highest BCUT2D eigenvalue weighted by molar-refractivity contribution is 7.71. The van der Waals surface area contributed by atoms with Crippen molar-refractivity contribution in [2.24, 2.45) is 0 Å². The molecule has 1 fully saturated rings. The van der Waals surface area contributed by atoms with E-state index in [1.807, 2.05) is 0 Å². The Morgan fingerprint density at radius 2 is 2.31 bits per heavy atom. The molecule has 0 aliphatic carbocycles. The highest BCUT2D eigenvalue weighted by Crippen LogP contribution is 2.31. The Balaban J connectivity index is 2.48. The molecule has 16 heavy (non-hydrogen) atoms. The first-order valence-corrected chi connectivity index (χ1v) is 5.30. The Morgan fingerprint density at radius 3 is 2.94 bits per heavy atom. The van der Waals surface area contributed by atoms with E-state index in [0.29, 0.717) is 18.6 Å². The van der Waals surface area contributed by atoms with Gasteiger partial charge in [-0.25, -0.2) is 0 Å². The van der Waals surface area contributed by atoms with Crippen molar-refractivity contribution in [3.05, 3.63) is 20.7 Å². The van der Waals surface area contributed by atoms with Gasteiger partial charge in [-0.15, -0.1) is 0 Å². The van der Waals surface area contributed by atoms with Gasteiger partial charge in [-0.2, -0.15) is 0 Å². The molecule has 1 saturated heterocycles. The van der Waals surface area contributed by atoms with E-state index in [1.54, 1.807) is 7.11 Å². The van der Waals surface area contributed by atoms with Gasteiger partial charge in [0.25, 0.3) is 5.56 Å². The van der Waals surface area contributed by atoms with Gasteiger partial charge in [0, 0.05) is 13.0 Å². The number of aromatic nitrogens is 2. The molecule has 2 heterocycles. The van der Waals surface area contributed by atoms with E-state index in [0.717, 1.165) is 0 Å². The maximum absolute atomic E-state index is 11.8. The fourth-order valence-electron chi connectivity index (χ4n) is 1.96. The predicted molar refractivity (Wildman–Crippen MR) is 60.8 cm³/mol. The molecule has 0 bridgehead atoms. The third-order valence-electron chi connectivity index (χ3n) is 2.65. The maximum atomic E-state index is 11.8. The molecule has 0 amide bonds. The van der Waals surface area contributed by atoms with Crippen molar-refractivity contribution in [1.82, 2.24) is 9.97 Å². The number of hydrogen-bond acceptors (Lipinski definition) is 5. The summed E-state index contributed by atoms with van der Waals surface area (Å²) in [5.41, 5.74) is 5.94. The first-order valence-electron chi connectivity index (χ1n) is 4.90. The minimum Gasteiger partial charge on any atom is -0.385 e. The van der Waals surface area contributed by atoms with Crippen LogP contribution in [-0.4, -0.2) is 30.0 Å². The number of methoxy groups -OCH3 is 1. The second-order valence-electron chi connectivity index (χ2n) is 3.61. The molecule has 1 aromatic rings. The summed E-state index contributed by atoms with van der Waals surface area (Å²) in [4.78, 5) is 17.0. The smallest absolute Gasteiger partial charge is 0.257 e. The zero-order valence-electron chi connectivity index (χ0n) is 8.78. The Hall–Kier alpha value is -1.18. The summed E-state index contributed by atoms with van der Waals surface area (Å²) in [6, 6.07) is 0. The fraction of sp³-hybridized carbons (Fsp3) is 0.556. The first kappa shape index (κ1) is 11.3. The zero-order chi connectivity index (χ0) is 11.7. The van der Waals surface area contributed by atoms with Gasteiger partial charge in [0.15, 0.2) is 11.1 Å². The van der Waals surface area contributed by atoms with E-state index in [9.17, 15) is 4.79 Å². The van der Waals surface area contributed by atoms with Crippen LogP contribution in [0.25, 0.3) is 0 Å². The molecule has 7 heteroatoms. The van der Waals surface area contributed by atoms with Gasteiger partial charge in [-0.05, 0) is 18.6 Å². The van der Waals surface area contributed by atoms with Crippen LogP contribution in [0, 0.1) is 4.77 Å². The van der Waals surface area contributed by atoms with Crippen molar-refractivity contribution >= 4 is 18.0 Å². The summed E-state index contributed by atoms with van der Waals surface area (Å²) in [5, 5.41) is 0. The van der Waals surface area contributed by atoms with E-state index in [-0.39, 0.29) is 22.1 Å². The van der Waals surface area contributed by atoms with Crippen LogP contribution in [0.5, 0.6) is 0 Å². The van der Waals surface area contributed by atoms with Gasteiger partial charge < -0.3 is 20.2 Å². The molecule has 2 rings (SSSR count). The molecule has 0 spiro atoms. The van der Waals surface area contributed by atoms with Gasteiger partial charge in [-0.3, -0.25) is 9.78 Å². The van der Waals surface area contributed by atoms with Crippen LogP contribution in [0.2, 0.25) is 0 Å². The van der Waals surface area contributed by atoms with Gasteiger partial charge >= 0.3 is 0 Å². The summed E-state index contributed by atoms with van der Waals surface area (Å²) in [5.74, 6) is 0.131. The number of nitrogens with two attached hydrogens (primary N) is 1. The lowest BCUT2D eigenvalue weighted by molar-refractivity contribution is -0.0964. The molecule has 1 aliphatic heterocycles. The Kier molecular flexibility index (Phi) is 3.08. The van der Waals surface area contributed by atoms with Crippen LogP contribution in [0.1, 0.15) is 17.9 Å². The predicted octanol–water partition coefficient (Wildman–Crippen LogP) is 0.491. The normalized spacial score (nSPS) is 24.8. The number of ether oxygens (including phenoxy) is 2. The molecule has 1 aliphatic rings. The summed E-state index contributed by atoms with van der Waals surface area (Å²) in [6.07, 6.45) is 0.281. The molecule has 0 saturated carbocycles. The Morgan fingerprint density at radius 1 is 1.56 bits per heavy atom. The topological polar surface area (TPSA) is 93.1 Å². The molecular formula is C9H13N3O3S. The van der Waals surface area contributed by atoms with Gasteiger partial charge in [0.1, 0.15) is 5.82 Å². The number of rotatable bonds is 2. The monoisotopic (exact) mass is 243 g/mol. The molecule has 1 aromatic heterocycles. The Bertz CT molecular complexity index is 496. The third kappa shape index (κ3) is 1.89. The van der Waals surface area contributed by atoms with Crippen molar-refractivity contribution in [2.75, 3.05) is 19.5 Å². The fourth-order valence-corrected chi connectivity index (χ4v) is 2.16. The molecule has 2 unspecified atom stereocenters. The third-order valence-corrected chi connectivity index (χ3v) is 2.86. The van der Waals surface area contributed by atoms with Crippen molar-refractivity contribution in [3.8, 4) is 0 Å². The number of H-pyrrole nitrogens is 2. The van der Waals surface area contributed by atoms with E-state index in [2.05, 4.69) is 9.97 Å². The van der Waals surface area contributed by atoms with Gasteiger partial charge in [0.05, 0.1) is 12.2 Å². The quantitative estimate of drug-likeness (QED) is 0.657. The lowest BCUT2D eigenvalue weighted by Gasteiger charge is -2.17. The standard InChI is InChI=1S/C9H13N3O3S/c1-14-8-4(2-3-15-8)5-6(10)11-9(16)12-7(5)13/h4,8H,2-3H2,1H3,(H4,10,11,12,13,16). The molecule has 6 nitrogen and oxygen atoms in total. The number of nitrogens with one attached hydrogen (secondary N) is 2. The second kappa shape index (κ2) is 4.36. The molecule has 2 atom stereocenters. The number of aromatic amines is 2. The minimum absolute atomic E-state index is 0.152. The van der Waals surface area contributed by atoms with Crippen LogP contribution in [-0.2, 0) is 9.47 Å². The average Bonchev–Trinajstić information content (AvgIpc) is 2.64. The minimum atomic E-state index is -0.423. The summed E-state index contributed by atoms with van der Waals surface area (Å²) in [6.45, 7) is 0.553. The van der Waals surface area contributed by atoms with Crippen LogP contribution in [0.4, 0.5) is 5.82 Å². The molecule has 4 N–H and O–H groups in total. The summed E-state index contributed by atoms with van der Waals surface area (Å²) >= 11 is 4.83.